The quantitative estimate of drug-likeness (QED) is 0.585. The van der Waals surface area contributed by atoms with Crippen molar-refractivity contribution >= 4 is 0 Å². The summed E-state index contributed by atoms with van der Waals surface area (Å²) in [6, 6.07) is 4.95. The van der Waals surface area contributed by atoms with Crippen molar-refractivity contribution in [1.29, 1.82) is 0 Å². The number of hydrogen-bond acceptors (Lipinski definition) is 3. The summed E-state index contributed by atoms with van der Waals surface area (Å²) in [5.41, 5.74) is 0. The van der Waals surface area contributed by atoms with Crippen LogP contribution in [0.3, 0.4) is 0 Å². The summed E-state index contributed by atoms with van der Waals surface area (Å²) in [6.45, 7) is 1.18. The fourth-order valence-corrected chi connectivity index (χ4v) is 0.840. The SMILES string of the molecule is Oc1cccc2c1O[CH]O2. The highest BCUT2D eigenvalue weighted by Crippen LogP contribution is 2.40. The molecule has 51 valence electrons. The van der Waals surface area contributed by atoms with Gasteiger partial charge < -0.3 is 14.6 Å². The number of ether oxygens (including phenoxy) is 2. The normalized spacial score (nSPS) is 13.6. The Morgan fingerprint density at radius 3 is 2.90 bits per heavy atom. The molecule has 0 fully saturated rings. The van der Waals surface area contributed by atoms with Crippen molar-refractivity contribution in [2.75, 3.05) is 0 Å². The van der Waals surface area contributed by atoms with Crippen LogP contribution in [0.2, 0.25) is 0 Å². The number of aromatic hydroxyl groups is 1. The fourth-order valence-electron chi connectivity index (χ4n) is 0.840. The van der Waals surface area contributed by atoms with Gasteiger partial charge in [0.2, 0.25) is 5.75 Å². The first-order valence-corrected chi connectivity index (χ1v) is 2.85. The molecule has 1 heterocycles. The van der Waals surface area contributed by atoms with E-state index in [-0.39, 0.29) is 5.75 Å². The van der Waals surface area contributed by atoms with Crippen molar-refractivity contribution in [2.45, 2.75) is 0 Å². The van der Waals surface area contributed by atoms with Gasteiger partial charge in [-0.15, -0.1) is 0 Å². The van der Waals surface area contributed by atoms with Crippen molar-refractivity contribution in [2.24, 2.45) is 0 Å². The van der Waals surface area contributed by atoms with Crippen LogP contribution in [0.25, 0.3) is 0 Å². The Kier molecular flexibility index (Phi) is 0.974. The molecule has 0 spiro atoms. The molecular formula is C7H5O3. The van der Waals surface area contributed by atoms with Gasteiger partial charge in [-0.1, -0.05) is 6.07 Å². The van der Waals surface area contributed by atoms with Crippen LogP contribution in [-0.2, 0) is 0 Å². The van der Waals surface area contributed by atoms with Gasteiger partial charge in [0.25, 0.3) is 0 Å². The molecule has 3 nitrogen and oxygen atoms in total. The van der Waals surface area contributed by atoms with E-state index < -0.39 is 0 Å². The summed E-state index contributed by atoms with van der Waals surface area (Å²) in [6.07, 6.45) is 0. The van der Waals surface area contributed by atoms with Gasteiger partial charge in [-0.2, -0.15) is 0 Å². The highest BCUT2D eigenvalue weighted by molar-refractivity contribution is 5.52. The minimum absolute atomic E-state index is 0.103. The third kappa shape index (κ3) is 0.603. The zero-order valence-corrected chi connectivity index (χ0v) is 5.07. The van der Waals surface area contributed by atoms with Crippen LogP contribution in [0, 0.1) is 6.79 Å². The van der Waals surface area contributed by atoms with Crippen LogP contribution in [0.1, 0.15) is 0 Å². The monoisotopic (exact) mass is 137 g/mol. The summed E-state index contributed by atoms with van der Waals surface area (Å²) in [5.74, 6) is 1.05. The standard InChI is InChI=1S/C7H5O3/c8-5-2-1-3-6-7(5)10-4-9-6/h1-4,8H. The maximum atomic E-state index is 9.11. The second kappa shape index (κ2) is 1.80. The van der Waals surface area contributed by atoms with E-state index in [1.807, 2.05) is 0 Å². The molecule has 1 aliphatic heterocycles. The molecule has 0 saturated carbocycles. The van der Waals surface area contributed by atoms with E-state index in [1.54, 1.807) is 18.2 Å². The van der Waals surface area contributed by atoms with E-state index >= 15 is 0 Å². The van der Waals surface area contributed by atoms with E-state index in [0.29, 0.717) is 11.5 Å². The van der Waals surface area contributed by atoms with Gasteiger partial charge in [-0.3, -0.25) is 0 Å². The van der Waals surface area contributed by atoms with Crippen LogP contribution >= 0.6 is 0 Å². The molecule has 2 rings (SSSR count). The molecule has 1 aliphatic rings. The van der Waals surface area contributed by atoms with Crippen molar-refractivity contribution in [3.05, 3.63) is 25.0 Å². The lowest BCUT2D eigenvalue weighted by atomic mass is 10.3. The largest absolute Gasteiger partial charge is 0.504 e. The average molecular weight is 137 g/mol. The maximum absolute atomic E-state index is 9.11. The van der Waals surface area contributed by atoms with Gasteiger partial charge in [-0.25, -0.2) is 0 Å². The van der Waals surface area contributed by atoms with Gasteiger partial charge in [-0.05, 0) is 12.1 Å². The van der Waals surface area contributed by atoms with Crippen molar-refractivity contribution in [3.8, 4) is 17.2 Å². The third-order valence-corrected chi connectivity index (χ3v) is 1.30. The smallest absolute Gasteiger partial charge is 0.316 e. The summed E-state index contributed by atoms with van der Waals surface area (Å²) in [4.78, 5) is 0. The Morgan fingerprint density at radius 1 is 1.20 bits per heavy atom. The second-order valence-electron chi connectivity index (χ2n) is 1.94. The molecule has 10 heavy (non-hydrogen) atoms. The highest BCUT2D eigenvalue weighted by Gasteiger charge is 2.16. The lowest BCUT2D eigenvalue weighted by molar-refractivity contribution is 0.266. The first-order valence-electron chi connectivity index (χ1n) is 2.85. The summed E-state index contributed by atoms with van der Waals surface area (Å²) in [7, 11) is 0. The van der Waals surface area contributed by atoms with Gasteiger partial charge in [0.05, 0.1) is 0 Å². The molecule has 0 aliphatic carbocycles. The van der Waals surface area contributed by atoms with Gasteiger partial charge >= 0.3 is 6.79 Å². The van der Waals surface area contributed by atoms with E-state index in [1.165, 1.54) is 6.79 Å². The molecule has 0 aromatic heterocycles. The van der Waals surface area contributed by atoms with Gasteiger partial charge in [0.1, 0.15) is 0 Å². The van der Waals surface area contributed by atoms with Gasteiger partial charge in [0, 0.05) is 0 Å². The number of hydrogen-bond donors (Lipinski definition) is 1. The molecule has 3 heteroatoms. The average Bonchev–Trinajstić information content (AvgIpc) is 2.36. The molecule has 1 radical (unpaired) electrons. The van der Waals surface area contributed by atoms with Crippen LogP contribution in [-0.4, -0.2) is 5.11 Å². The Balaban J connectivity index is 2.59. The van der Waals surface area contributed by atoms with Crippen LogP contribution < -0.4 is 9.47 Å². The van der Waals surface area contributed by atoms with Crippen molar-refractivity contribution < 1.29 is 14.6 Å². The summed E-state index contributed by atoms with van der Waals surface area (Å²) in [5, 5.41) is 9.11. The van der Waals surface area contributed by atoms with E-state index in [9.17, 15) is 0 Å². The second-order valence-corrected chi connectivity index (χ2v) is 1.94. The number of fused-ring (bicyclic) bond motifs is 1. The lowest BCUT2D eigenvalue weighted by Gasteiger charge is -1.95. The first-order chi connectivity index (χ1) is 4.88. The Hall–Kier alpha value is -1.38. The third-order valence-electron chi connectivity index (χ3n) is 1.30. The molecule has 1 aromatic rings. The molecule has 1 N–H and O–H groups in total. The zero-order valence-electron chi connectivity index (χ0n) is 5.07. The van der Waals surface area contributed by atoms with Crippen LogP contribution in [0.15, 0.2) is 18.2 Å². The maximum Gasteiger partial charge on any atom is 0.316 e. The zero-order chi connectivity index (χ0) is 6.97. The number of phenols is 1. The molecule has 0 saturated heterocycles. The highest BCUT2D eigenvalue weighted by atomic mass is 16.7. The molecule has 1 aromatic carbocycles. The summed E-state index contributed by atoms with van der Waals surface area (Å²) < 4.78 is 9.70. The van der Waals surface area contributed by atoms with Crippen LogP contribution in [0.5, 0.6) is 17.2 Å². The first kappa shape index (κ1) is 5.41. The number of rotatable bonds is 0. The number of phenolic OH excluding ortho intramolecular Hbond substituents is 1. The van der Waals surface area contributed by atoms with E-state index in [0.717, 1.165) is 0 Å². The minimum Gasteiger partial charge on any atom is -0.504 e. The van der Waals surface area contributed by atoms with Crippen molar-refractivity contribution in [3.63, 3.8) is 0 Å². The fraction of sp³-hybridized carbons (Fsp3) is 0. The summed E-state index contributed by atoms with van der Waals surface area (Å²) >= 11 is 0. The van der Waals surface area contributed by atoms with E-state index in [4.69, 9.17) is 14.6 Å². The lowest BCUT2D eigenvalue weighted by Crippen LogP contribution is -1.83. The topological polar surface area (TPSA) is 38.7 Å². The van der Waals surface area contributed by atoms with E-state index in [2.05, 4.69) is 0 Å². The predicted molar refractivity (Wildman–Crippen MR) is 33.7 cm³/mol. The van der Waals surface area contributed by atoms with Crippen molar-refractivity contribution in [1.82, 2.24) is 0 Å². The Bertz CT molecular complexity index is 257. The Morgan fingerprint density at radius 2 is 2.10 bits per heavy atom. The molecule has 0 amide bonds. The molecule has 0 unspecified atom stereocenters. The van der Waals surface area contributed by atoms with Gasteiger partial charge in [0.15, 0.2) is 11.5 Å². The predicted octanol–water partition coefficient (Wildman–Crippen LogP) is 1.28. The minimum atomic E-state index is 0.103. The molecular weight excluding hydrogens is 132 g/mol. The number of benzene rings is 1. The van der Waals surface area contributed by atoms with Crippen LogP contribution in [0.4, 0.5) is 0 Å². The molecule has 0 atom stereocenters. The molecule has 0 bridgehead atoms. The number of para-hydroxylation sites is 1. The Labute approximate surface area is 57.8 Å².